The van der Waals surface area contributed by atoms with E-state index in [9.17, 15) is 14.7 Å². The fourth-order valence-electron chi connectivity index (χ4n) is 4.94. The first-order valence-electron chi connectivity index (χ1n) is 13.1. The fraction of sp³-hybridized carbons (Fsp3) is 0.517. The van der Waals surface area contributed by atoms with Gasteiger partial charge >= 0.3 is 6.03 Å². The summed E-state index contributed by atoms with van der Waals surface area (Å²) >= 11 is 0. The van der Waals surface area contributed by atoms with Crippen LogP contribution in [0, 0.1) is 13.8 Å². The van der Waals surface area contributed by atoms with Crippen molar-refractivity contribution in [2.24, 2.45) is 0 Å². The average Bonchev–Trinajstić information content (AvgIpc) is 2.95. The first-order chi connectivity index (χ1) is 17.5. The molecule has 0 unspecified atom stereocenters. The lowest BCUT2D eigenvalue weighted by Gasteiger charge is -2.27. The Bertz CT molecular complexity index is 1120. The number of aliphatic hydroxyl groups is 1. The van der Waals surface area contributed by atoms with Gasteiger partial charge in [-0.25, -0.2) is 4.79 Å². The number of likely N-dealkylation sites (tertiary alicyclic amines) is 1. The number of benzene rings is 2. The minimum absolute atomic E-state index is 0.208. The largest absolute Gasteiger partial charge is 0.492 e. The van der Waals surface area contributed by atoms with Gasteiger partial charge in [-0.1, -0.05) is 29.8 Å². The lowest BCUT2D eigenvalue weighted by molar-refractivity contribution is -0.130. The number of carbonyl (C=O) groups is 2. The van der Waals surface area contributed by atoms with E-state index in [4.69, 9.17) is 9.47 Å². The second kappa shape index (κ2) is 11.1. The molecule has 2 aromatic rings. The van der Waals surface area contributed by atoms with E-state index in [0.29, 0.717) is 18.8 Å². The van der Waals surface area contributed by atoms with Crippen molar-refractivity contribution in [2.45, 2.75) is 64.6 Å². The lowest BCUT2D eigenvalue weighted by Crippen LogP contribution is -2.40. The Balaban J connectivity index is 1.22. The number of carbonyl (C=O) groups excluding carboxylic acids is 2. The quantitative estimate of drug-likeness (QED) is 0.500. The zero-order valence-electron chi connectivity index (χ0n) is 22.4. The highest BCUT2D eigenvalue weighted by Crippen LogP contribution is 2.27. The maximum atomic E-state index is 12.3. The second-order valence-electron chi connectivity index (χ2n) is 10.9. The van der Waals surface area contributed by atoms with E-state index in [1.165, 1.54) is 16.0 Å². The molecule has 0 aromatic heterocycles. The molecular formula is C29H39N3O5. The van der Waals surface area contributed by atoms with Gasteiger partial charge in [-0.15, -0.1) is 0 Å². The average molecular weight is 510 g/mol. The zero-order chi connectivity index (χ0) is 26.6. The minimum atomic E-state index is -0.866. The predicted octanol–water partition coefficient (Wildman–Crippen LogP) is 3.81. The number of ether oxygens (including phenoxy) is 2. The van der Waals surface area contributed by atoms with Gasteiger partial charge in [0.2, 0.25) is 0 Å². The van der Waals surface area contributed by atoms with Crippen LogP contribution < -0.4 is 14.8 Å². The number of rotatable bonds is 9. The predicted molar refractivity (Wildman–Crippen MR) is 142 cm³/mol. The zero-order valence-corrected chi connectivity index (χ0v) is 22.4. The van der Waals surface area contributed by atoms with Crippen molar-refractivity contribution < 1.29 is 24.2 Å². The molecule has 0 bridgehead atoms. The molecule has 2 aliphatic heterocycles. The van der Waals surface area contributed by atoms with E-state index >= 15 is 0 Å². The molecule has 2 saturated heterocycles. The third-order valence-corrected chi connectivity index (χ3v) is 7.19. The third-order valence-electron chi connectivity index (χ3n) is 7.19. The smallest absolute Gasteiger partial charge is 0.325 e. The Morgan fingerprint density at radius 3 is 2.43 bits per heavy atom. The van der Waals surface area contributed by atoms with Gasteiger partial charge in [0.05, 0.1) is 12.1 Å². The Labute approximate surface area is 219 Å². The van der Waals surface area contributed by atoms with Gasteiger partial charge in [0, 0.05) is 13.1 Å². The number of imide groups is 1. The van der Waals surface area contributed by atoms with Crippen molar-refractivity contribution in [3.8, 4) is 11.5 Å². The van der Waals surface area contributed by atoms with Crippen molar-refractivity contribution in [3.63, 3.8) is 0 Å². The molecule has 0 radical (unpaired) electrons. The molecule has 2 aliphatic rings. The first kappa shape index (κ1) is 26.9. The van der Waals surface area contributed by atoms with Gasteiger partial charge in [0.15, 0.2) is 0 Å². The van der Waals surface area contributed by atoms with E-state index in [2.05, 4.69) is 23.2 Å². The molecule has 8 heteroatoms. The molecule has 2 aromatic carbocycles. The van der Waals surface area contributed by atoms with Crippen LogP contribution in [0.3, 0.4) is 0 Å². The number of urea groups is 1. The first-order valence-corrected chi connectivity index (χ1v) is 13.1. The van der Waals surface area contributed by atoms with Gasteiger partial charge in [-0.3, -0.25) is 14.6 Å². The van der Waals surface area contributed by atoms with Crippen LogP contribution >= 0.6 is 0 Å². The molecule has 2 N–H and O–H groups in total. The summed E-state index contributed by atoms with van der Waals surface area (Å²) in [6.07, 6.45) is 2.29. The van der Waals surface area contributed by atoms with Crippen molar-refractivity contribution in [1.82, 2.24) is 15.1 Å². The third kappa shape index (κ3) is 6.81. The maximum Gasteiger partial charge on any atom is 0.325 e. The summed E-state index contributed by atoms with van der Waals surface area (Å²) in [4.78, 5) is 27.8. The van der Waals surface area contributed by atoms with Crippen LogP contribution in [0.15, 0.2) is 42.5 Å². The highest BCUT2D eigenvalue weighted by Gasteiger charge is 2.43. The number of hydrogen-bond donors (Lipinski definition) is 2. The molecule has 0 saturated carbocycles. The topological polar surface area (TPSA) is 91.3 Å². The minimum Gasteiger partial charge on any atom is -0.492 e. The molecule has 1 atom stereocenters. The summed E-state index contributed by atoms with van der Waals surface area (Å²) in [7, 11) is 0. The van der Waals surface area contributed by atoms with Crippen LogP contribution in [0.4, 0.5) is 4.79 Å². The molecule has 4 rings (SSSR count). The van der Waals surface area contributed by atoms with Crippen molar-refractivity contribution in [2.75, 3.05) is 32.8 Å². The molecule has 2 heterocycles. The van der Waals surface area contributed by atoms with E-state index in [-0.39, 0.29) is 25.1 Å². The van der Waals surface area contributed by atoms with E-state index in [1.54, 1.807) is 13.8 Å². The van der Waals surface area contributed by atoms with Crippen molar-refractivity contribution in [1.29, 1.82) is 0 Å². The standard InChI is InChI=1S/C29H39N3O5/c1-21-6-11-25(22(2)18-21)37-20-29(35)12-5-14-31(15-13-29)19-23-7-9-24(10-8-23)36-17-16-32-26(33)28(3,4)30-27(32)34/h6-11,18,35H,5,12-17,19-20H2,1-4H3,(H,30,34)/t29-/m0/s1. The molecule has 0 spiro atoms. The van der Waals surface area contributed by atoms with Crippen LogP contribution in [0.25, 0.3) is 0 Å². The van der Waals surface area contributed by atoms with Crippen LogP contribution in [0.1, 0.15) is 49.8 Å². The molecule has 0 aliphatic carbocycles. The van der Waals surface area contributed by atoms with Gasteiger partial charge < -0.3 is 19.9 Å². The number of amides is 3. The van der Waals surface area contributed by atoms with Gasteiger partial charge in [-0.05, 0) is 82.8 Å². The van der Waals surface area contributed by atoms with Crippen LogP contribution in [-0.4, -0.2) is 70.8 Å². The summed E-state index contributed by atoms with van der Waals surface area (Å²) in [6.45, 7) is 10.7. The second-order valence-corrected chi connectivity index (χ2v) is 10.9. The highest BCUT2D eigenvalue weighted by molar-refractivity contribution is 6.06. The van der Waals surface area contributed by atoms with Gasteiger partial charge in [0.25, 0.3) is 5.91 Å². The number of nitrogens with one attached hydrogen (secondary N) is 1. The summed E-state index contributed by atoms with van der Waals surface area (Å²) in [5.41, 5.74) is 1.76. The monoisotopic (exact) mass is 509 g/mol. The molecule has 2 fully saturated rings. The molecule has 3 amide bonds. The van der Waals surface area contributed by atoms with Crippen LogP contribution in [-0.2, 0) is 11.3 Å². The summed E-state index contributed by atoms with van der Waals surface area (Å²) in [5.74, 6) is 1.29. The Morgan fingerprint density at radius 1 is 1.00 bits per heavy atom. The Hall–Kier alpha value is -3.10. The van der Waals surface area contributed by atoms with E-state index in [1.807, 2.05) is 43.3 Å². The van der Waals surface area contributed by atoms with E-state index in [0.717, 1.165) is 43.8 Å². The highest BCUT2D eigenvalue weighted by atomic mass is 16.5. The normalized spacial score (nSPS) is 22.0. The SMILES string of the molecule is Cc1ccc(OC[C@]2(O)CCCN(Cc3ccc(OCCN4C(=O)NC(C)(C)C4=O)cc3)CC2)c(C)c1. The Morgan fingerprint density at radius 2 is 1.76 bits per heavy atom. The molecule has 8 nitrogen and oxygen atoms in total. The van der Waals surface area contributed by atoms with E-state index < -0.39 is 11.1 Å². The maximum absolute atomic E-state index is 12.3. The number of aryl methyl sites for hydroxylation is 2. The summed E-state index contributed by atoms with van der Waals surface area (Å²) < 4.78 is 11.8. The van der Waals surface area contributed by atoms with Crippen molar-refractivity contribution in [3.05, 3.63) is 59.2 Å². The lowest BCUT2D eigenvalue weighted by atomic mass is 9.96. The van der Waals surface area contributed by atoms with Crippen molar-refractivity contribution >= 4 is 11.9 Å². The molecule has 200 valence electrons. The molecular weight excluding hydrogens is 470 g/mol. The summed E-state index contributed by atoms with van der Waals surface area (Å²) in [5, 5.41) is 13.9. The van der Waals surface area contributed by atoms with Gasteiger partial charge in [0.1, 0.15) is 30.3 Å². The van der Waals surface area contributed by atoms with Gasteiger partial charge in [-0.2, -0.15) is 0 Å². The van der Waals surface area contributed by atoms with Crippen LogP contribution in [0.5, 0.6) is 11.5 Å². The van der Waals surface area contributed by atoms with Crippen LogP contribution in [0.2, 0.25) is 0 Å². The Kier molecular flexibility index (Phi) is 8.09. The fourth-order valence-corrected chi connectivity index (χ4v) is 4.94. The summed E-state index contributed by atoms with van der Waals surface area (Å²) in [6, 6.07) is 13.6. The number of nitrogens with zero attached hydrogens (tertiary/aromatic N) is 2. The molecule has 37 heavy (non-hydrogen) atoms. The number of hydrogen-bond acceptors (Lipinski definition) is 6.